The maximum Gasteiger partial charge on any atom is 0.219 e. The van der Waals surface area contributed by atoms with Gasteiger partial charge in [-0.3, -0.25) is 14.6 Å². The van der Waals surface area contributed by atoms with E-state index in [1.807, 2.05) is 0 Å². The topological polar surface area (TPSA) is 26.0 Å². The Kier molecular flexibility index (Phi) is 1.81. The van der Waals surface area contributed by atoms with Crippen molar-refractivity contribution in [2.75, 3.05) is 26.2 Å². The highest BCUT2D eigenvalue weighted by molar-refractivity contribution is 5.91. The van der Waals surface area contributed by atoms with E-state index < -0.39 is 0 Å². The van der Waals surface area contributed by atoms with Gasteiger partial charge < -0.3 is 0 Å². The standard InChI is InChI=1S/C13H22N2O/c1-5-13(4)14-6-11(2)7-15(13)9-12(3,8-14)10(11)16/h5-9H2,1-4H3/p+2. The molecule has 0 spiro atoms. The average molecular weight is 224 g/mol. The van der Waals surface area contributed by atoms with Crippen molar-refractivity contribution >= 4 is 5.78 Å². The molecule has 0 unspecified atom stereocenters. The molecule has 90 valence electrons. The minimum Gasteiger partial charge on any atom is -0.297 e. The van der Waals surface area contributed by atoms with E-state index in [4.69, 9.17) is 0 Å². The Labute approximate surface area is 97.8 Å². The Morgan fingerprint density at radius 1 is 1.00 bits per heavy atom. The number of quaternary nitrogens is 2. The number of nitrogens with one attached hydrogen (secondary N) is 2. The number of piperidine rings is 2. The van der Waals surface area contributed by atoms with E-state index in [1.54, 1.807) is 9.80 Å². The van der Waals surface area contributed by atoms with Crippen molar-refractivity contribution in [1.82, 2.24) is 0 Å². The molecule has 2 N–H and O–H groups in total. The van der Waals surface area contributed by atoms with Gasteiger partial charge in [0, 0.05) is 6.92 Å². The molecular formula is C13H24N2O+2. The summed E-state index contributed by atoms with van der Waals surface area (Å²) in [5.74, 6) is 0.547. The summed E-state index contributed by atoms with van der Waals surface area (Å²) in [6.45, 7) is 13.4. The molecule has 0 aromatic rings. The lowest BCUT2D eigenvalue weighted by Gasteiger charge is -2.63. The van der Waals surface area contributed by atoms with Gasteiger partial charge in [-0.2, -0.15) is 0 Å². The van der Waals surface area contributed by atoms with Gasteiger partial charge in [0.2, 0.25) is 5.66 Å². The molecule has 0 aromatic heterocycles. The summed E-state index contributed by atoms with van der Waals surface area (Å²) >= 11 is 0. The summed E-state index contributed by atoms with van der Waals surface area (Å²) in [6, 6.07) is 0. The first kappa shape index (κ1) is 10.7. The van der Waals surface area contributed by atoms with Gasteiger partial charge in [-0.15, -0.1) is 0 Å². The number of ketones is 1. The Balaban J connectivity index is 2.07. The molecular weight excluding hydrogens is 200 g/mol. The van der Waals surface area contributed by atoms with E-state index in [9.17, 15) is 4.79 Å². The molecule has 0 radical (unpaired) electrons. The molecule has 4 aliphatic rings. The zero-order valence-corrected chi connectivity index (χ0v) is 10.9. The van der Waals surface area contributed by atoms with Crippen molar-refractivity contribution < 1.29 is 14.6 Å². The number of hydrogen-bond acceptors (Lipinski definition) is 1. The molecule has 3 nitrogen and oxygen atoms in total. The first-order valence-corrected chi connectivity index (χ1v) is 6.59. The summed E-state index contributed by atoms with van der Waals surface area (Å²) in [6.07, 6.45) is 1.22. The largest absolute Gasteiger partial charge is 0.297 e. The van der Waals surface area contributed by atoms with Crippen molar-refractivity contribution in [3.63, 3.8) is 0 Å². The lowest BCUT2D eigenvalue weighted by Crippen LogP contribution is -3.49. The first-order valence-electron chi connectivity index (χ1n) is 6.59. The van der Waals surface area contributed by atoms with E-state index in [0.717, 1.165) is 26.2 Å². The van der Waals surface area contributed by atoms with Crippen molar-refractivity contribution in [3.05, 3.63) is 0 Å². The summed E-state index contributed by atoms with van der Waals surface area (Å²) < 4.78 is 0. The molecule has 16 heavy (non-hydrogen) atoms. The third-order valence-corrected chi connectivity index (χ3v) is 5.78. The SMILES string of the molecule is CCC1(C)[NH+]2CC3(C)C[NH+]1CC(C)(C2)C3=O. The lowest BCUT2D eigenvalue weighted by molar-refractivity contribution is -1.20. The van der Waals surface area contributed by atoms with Gasteiger partial charge in [-0.05, 0) is 13.8 Å². The van der Waals surface area contributed by atoms with E-state index in [-0.39, 0.29) is 10.8 Å². The van der Waals surface area contributed by atoms with Crippen LogP contribution in [0.25, 0.3) is 0 Å². The highest BCUT2D eigenvalue weighted by Crippen LogP contribution is 2.35. The van der Waals surface area contributed by atoms with Crippen LogP contribution in [0.15, 0.2) is 0 Å². The second kappa shape index (κ2) is 2.70. The zero-order chi connectivity index (χ0) is 11.8. The second-order valence-corrected chi connectivity index (χ2v) is 7.05. The number of carbonyl (C=O) groups excluding carboxylic acids is 1. The van der Waals surface area contributed by atoms with Crippen LogP contribution in [0, 0.1) is 10.8 Å². The first-order chi connectivity index (χ1) is 7.34. The highest BCUT2D eigenvalue weighted by atomic mass is 16.1. The molecule has 4 aliphatic heterocycles. The molecule has 0 saturated carbocycles. The smallest absolute Gasteiger partial charge is 0.219 e. The van der Waals surface area contributed by atoms with Gasteiger partial charge in [-0.1, -0.05) is 6.92 Å². The van der Waals surface area contributed by atoms with Gasteiger partial charge >= 0.3 is 0 Å². The van der Waals surface area contributed by atoms with Crippen LogP contribution in [0.2, 0.25) is 0 Å². The van der Waals surface area contributed by atoms with Gasteiger partial charge in [0.1, 0.15) is 10.8 Å². The average Bonchev–Trinajstić information content (AvgIpc) is 2.20. The number of Topliss-reactive ketones (excluding diaryl/α,β-unsaturated/α-hetero) is 1. The maximum atomic E-state index is 12.5. The van der Waals surface area contributed by atoms with Crippen LogP contribution in [0.3, 0.4) is 0 Å². The Bertz CT molecular complexity index is 323. The predicted molar refractivity (Wildman–Crippen MR) is 61.3 cm³/mol. The van der Waals surface area contributed by atoms with Crippen LogP contribution >= 0.6 is 0 Å². The van der Waals surface area contributed by atoms with E-state index in [0.29, 0.717) is 11.4 Å². The third kappa shape index (κ3) is 0.992. The predicted octanol–water partition coefficient (Wildman–Crippen LogP) is -1.50. The molecule has 4 heterocycles. The maximum absolute atomic E-state index is 12.5. The molecule has 4 bridgehead atoms. The summed E-state index contributed by atoms with van der Waals surface area (Å²) in [5, 5.41) is 0. The van der Waals surface area contributed by atoms with E-state index in [1.165, 1.54) is 6.42 Å². The highest BCUT2D eigenvalue weighted by Gasteiger charge is 2.71. The Morgan fingerprint density at radius 2 is 1.38 bits per heavy atom. The van der Waals surface area contributed by atoms with E-state index >= 15 is 0 Å². The van der Waals surface area contributed by atoms with Crippen LogP contribution in [0.4, 0.5) is 0 Å². The Hall–Kier alpha value is -0.410. The molecule has 3 heteroatoms. The number of carbonyl (C=O) groups is 1. The molecule has 4 rings (SSSR count). The van der Waals surface area contributed by atoms with Crippen molar-refractivity contribution in [2.24, 2.45) is 10.8 Å². The third-order valence-electron chi connectivity index (χ3n) is 5.78. The molecule has 4 saturated heterocycles. The molecule has 0 atom stereocenters. The minimum atomic E-state index is -0.0371. The van der Waals surface area contributed by atoms with Crippen molar-refractivity contribution in [2.45, 2.75) is 39.8 Å². The van der Waals surface area contributed by atoms with Crippen molar-refractivity contribution in [1.29, 1.82) is 0 Å². The fraction of sp³-hybridized carbons (Fsp3) is 0.923. The minimum absolute atomic E-state index is 0.0371. The van der Waals surface area contributed by atoms with Gasteiger partial charge in [0.15, 0.2) is 5.78 Å². The fourth-order valence-corrected chi connectivity index (χ4v) is 4.71. The summed E-state index contributed by atoms with van der Waals surface area (Å²) in [4.78, 5) is 15.8. The lowest BCUT2D eigenvalue weighted by atomic mass is 9.60. The molecule has 0 amide bonds. The van der Waals surface area contributed by atoms with Crippen LogP contribution in [0.5, 0.6) is 0 Å². The van der Waals surface area contributed by atoms with Gasteiger partial charge in [0.05, 0.1) is 32.6 Å². The fourth-order valence-electron chi connectivity index (χ4n) is 4.71. The molecule has 0 aromatic carbocycles. The quantitative estimate of drug-likeness (QED) is 0.557. The van der Waals surface area contributed by atoms with Crippen molar-refractivity contribution in [3.8, 4) is 0 Å². The number of hydrogen-bond donors (Lipinski definition) is 2. The second-order valence-electron chi connectivity index (χ2n) is 7.05. The summed E-state index contributed by atoms with van der Waals surface area (Å²) in [7, 11) is 0. The molecule has 4 fully saturated rings. The van der Waals surface area contributed by atoms with Crippen LogP contribution in [0.1, 0.15) is 34.1 Å². The zero-order valence-electron chi connectivity index (χ0n) is 10.9. The molecule has 0 aliphatic carbocycles. The number of rotatable bonds is 1. The van der Waals surface area contributed by atoms with Crippen LogP contribution in [-0.2, 0) is 4.79 Å². The monoisotopic (exact) mass is 224 g/mol. The van der Waals surface area contributed by atoms with Crippen LogP contribution in [-0.4, -0.2) is 37.6 Å². The summed E-state index contributed by atoms with van der Waals surface area (Å²) in [5.41, 5.74) is 0.287. The Morgan fingerprint density at radius 3 is 1.69 bits per heavy atom. The van der Waals surface area contributed by atoms with Gasteiger partial charge in [-0.25, -0.2) is 0 Å². The normalized spacial score (nSPS) is 59.4. The van der Waals surface area contributed by atoms with Crippen LogP contribution < -0.4 is 9.80 Å². The van der Waals surface area contributed by atoms with Gasteiger partial charge in [0.25, 0.3) is 0 Å². The van der Waals surface area contributed by atoms with E-state index in [2.05, 4.69) is 27.7 Å².